The molecule has 3 rings (SSSR count). The van der Waals surface area contributed by atoms with Crippen LogP contribution in [0.15, 0.2) is 33.6 Å². The molecule has 0 unspecified atom stereocenters. The lowest BCUT2D eigenvalue weighted by atomic mass is 10.2. The van der Waals surface area contributed by atoms with Crippen molar-refractivity contribution in [2.45, 2.75) is 24.9 Å². The molecule has 1 aromatic heterocycles. The van der Waals surface area contributed by atoms with E-state index in [4.69, 9.17) is 13.9 Å². The van der Waals surface area contributed by atoms with Crippen LogP contribution in [0.3, 0.4) is 0 Å². The number of ether oxygens (including phenoxy) is 2. The maximum Gasteiger partial charge on any atom is 0.162 e. The van der Waals surface area contributed by atoms with Crippen molar-refractivity contribution in [2.24, 2.45) is 0 Å². The zero-order valence-corrected chi connectivity index (χ0v) is 13.1. The fraction of sp³-hybridized carbons (Fsp3) is 0.375. The molecule has 0 bridgehead atoms. The normalized spacial score (nSPS) is 13.4. The number of rotatable bonds is 5. The third-order valence-corrected chi connectivity index (χ3v) is 4.18. The molecule has 5 heteroatoms. The Morgan fingerprint density at radius 2 is 1.86 bits per heavy atom. The van der Waals surface area contributed by atoms with Crippen molar-refractivity contribution in [3.8, 4) is 11.5 Å². The van der Waals surface area contributed by atoms with Gasteiger partial charge >= 0.3 is 0 Å². The van der Waals surface area contributed by atoms with E-state index in [9.17, 15) is 0 Å². The lowest BCUT2D eigenvalue weighted by Gasteiger charge is -2.20. The lowest BCUT2D eigenvalue weighted by Crippen LogP contribution is -2.17. The van der Waals surface area contributed by atoms with Crippen LogP contribution in [-0.4, -0.2) is 19.5 Å². The highest BCUT2D eigenvalue weighted by Crippen LogP contribution is 2.36. The topological polar surface area (TPSA) is 43.6 Å². The Balaban J connectivity index is 1.69. The third-order valence-electron chi connectivity index (χ3n) is 3.36. The summed E-state index contributed by atoms with van der Waals surface area (Å²) in [7, 11) is 0. The molecule has 1 aliphatic heterocycles. The first-order chi connectivity index (χ1) is 10.3. The maximum atomic E-state index is 5.65. The van der Waals surface area contributed by atoms with E-state index in [1.54, 1.807) is 11.8 Å². The molecule has 0 fully saturated rings. The van der Waals surface area contributed by atoms with Crippen molar-refractivity contribution in [1.29, 1.82) is 0 Å². The molecule has 0 aliphatic carbocycles. The molecule has 2 heterocycles. The Labute approximate surface area is 128 Å². The van der Waals surface area contributed by atoms with Gasteiger partial charge in [0, 0.05) is 11.4 Å². The van der Waals surface area contributed by atoms with Gasteiger partial charge in [-0.3, -0.25) is 0 Å². The Morgan fingerprint density at radius 1 is 1.10 bits per heavy atom. The second-order valence-electron chi connectivity index (χ2n) is 4.92. The van der Waals surface area contributed by atoms with E-state index in [1.807, 2.05) is 19.1 Å². The molecule has 1 aromatic carbocycles. The van der Waals surface area contributed by atoms with Gasteiger partial charge in [0.1, 0.15) is 24.7 Å². The Kier molecular flexibility index (Phi) is 4.41. The first kappa shape index (κ1) is 14.4. The molecule has 0 amide bonds. The highest BCUT2D eigenvalue weighted by atomic mass is 32.2. The second kappa shape index (κ2) is 6.45. The van der Waals surface area contributed by atoms with Crippen molar-refractivity contribution in [1.82, 2.24) is 5.32 Å². The number of nitrogens with one attached hydrogen (secondary N) is 1. The lowest BCUT2D eigenvalue weighted by molar-refractivity contribution is 0.171. The minimum absolute atomic E-state index is 0.615. The highest BCUT2D eigenvalue weighted by molar-refractivity contribution is 7.98. The first-order valence-electron chi connectivity index (χ1n) is 6.99. The summed E-state index contributed by atoms with van der Waals surface area (Å²) in [5, 5.41) is 3.41. The number of thioether (sulfide) groups is 1. The first-order valence-corrected chi connectivity index (χ1v) is 8.21. The van der Waals surface area contributed by atoms with Crippen LogP contribution in [0, 0.1) is 6.92 Å². The van der Waals surface area contributed by atoms with Gasteiger partial charge in [0.2, 0.25) is 0 Å². The monoisotopic (exact) mass is 305 g/mol. The van der Waals surface area contributed by atoms with Gasteiger partial charge < -0.3 is 19.2 Å². The number of furan rings is 1. The van der Waals surface area contributed by atoms with Crippen LogP contribution in [0.25, 0.3) is 0 Å². The van der Waals surface area contributed by atoms with Gasteiger partial charge in [-0.05, 0) is 43.0 Å². The number of hydrogen-bond acceptors (Lipinski definition) is 5. The quantitative estimate of drug-likeness (QED) is 0.858. The zero-order valence-electron chi connectivity index (χ0n) is 12.3. The smallest absolute Gasteiger partial charge is 0.162 e. The van der Waals surface area contributed by atoms with Crippen molar-refractivity contribution < 1.29 is 13.9 Å². The van der Waals surface area contributed by atoms with Crippen LogP contribution in [0.4, 0.5) is 0 Å². The van der Waals surface area contributed by atoms with E-state index in [-0.39, 0.29) is 0 Å². The van der Waals surface area contributed by atoms with Gasteiger partial charge in [-0.2, -0.15) is 0 Å². The van der Waals surface area contributed by atoms with E-state index >= 15 is 0 Å². The summed E-state index contributed by atoms with van der Waals surface area (Å²) < 4.78 is 16.8. The van der Waals surface area contributed by atoms with Crippen molar-refractivity contribution in [3.63, 3.8) is 0 Å². The summed E-state index contributed by atoms with van der Waals surface area (Å²) in [6, 6.07) is 8.12. The Hall–Kier alpha value is -1.59. The molecule has 0 spiro atoms. The number of aryl methyl sites for hydroxylation is 1. The zero-order chi connectivity index (χ0) is 14.7. The molecular formula is C16H19NO3S. The van der Waals surface area contributed by atoms with E-state index in [2.05, 4.69) is 23.7 Å². The maximum absolute atomic E-state index is 5.65. The van der Waals surface area contributed by atoms with Crippen molar-refractivity contribution >= 4 is 11.8 Å². The summed E-state index contributed by atoms with van der Waals surface area (Å²) in [6.45, 7) is 4.68. The molecule has 2 aromatic rings. The summed E-state index contributed by atoms with van der Waals surface area (Å²) in [5.74, 6) is 3.58. The number of hydrogen-bond donors (Lipinski definition) is 1. The van der Waals surface area contributed by atoms with Crippen LogP contribution >= 0.6 is 11.8 Å². The molecule has 0 radical (unpaired) electrons. The Bertz CT molecular complexity index is 624. The van der Waals surface area contributed by atoms with Gasteiger partial charge in [-0.15, -0.1) is 11.8 Å². The molecular weight excluding hydrogens is 286 g/mol. The van der Waals surface area contributed by atoms with Gasteiger partial charge in [0.15, 0.2) is 11.5 Å². The van der Waals surface area contributed by atoms with E-state index < -0.39 is 0 Å². The molecule has 1 N–H and O–H groups in total. The largest absolute Gasteiger partial charge is 0.486 e. The van der Waals surface area contributed by atoms with Crippen LogP contribution in [0.2, 0.25) is 0 Å². The number of fused-ring (bicyclic) bond motifs is 1. The van der Waals surface area contributed by atoms with Gasteiger partial charge in [-0.1, -0.05) is 0 Å². The fourth-order valence-corrected chi connectivity index (χ4v) is 2.96. The van der Waals surface area contributed by atoms with E-state index in [0.29, 0.717) is 13.2 Å². The molecule has 0 atom stereocenters. The average molecular weight is 305 g/mol. The van der Waals surface area contributed by atoms with Crippen LogP contribution in [-0.2, 0) is 13.1 Å². The van der Waals surface area contributed by atoms with Crippen LogP contribution in [0.1, 0.15) is 17.1 Å². The van der Waals surface area contributed by atoms with Crippen molar-refractivity contribution in [3.05, 3.63) is 41.3 Å². The molecule has 112 valence electrons. The van der Waals surface area contributed by atoms with Gasteiger partial charge in [0.25, 0.3) is 0 Å². The summed E-state index contributed by atoms with van der Waals surface area (Å²) in [5.41, 5.74) is 1.22. The number of benzene rings is 1. The van der Waals surface area contributed by atoms with Crippen LogP contribution in [0.5, 0.6) is 11.5 Å². The predicted octanol–water partition coefficient (Wildman–Crippen LogP) is 3.37. The summed E-state index contributed by atoms with van der Waals surface area (Å²) in [4.78, 5) is 1.21. The van der Waals surface area contributed by atoms with E-state index in [1.165, 1.54) is 10.5 Å². The summed E-state index contributed by atoms with van der Waals surface area (Å²) in [6.07, 6.45) is 2.07. The highest BCUT2D eigenvalue weighted by Gasteiger charge is 2.15. The fourth-order valence-electron chi connectivity index (χ4n) is 2.34. The van der Waals surface area contributed by atoms with E-state index in [0.717, 1.165) is 36.1 Å². The van der Waals surface area contributed by atoms with Gasteiger partial charge in [0.05, 0.1) is 6.54 Å². The van der Waals surface area contributed by atoms with Crippen molar-refractivity contribution in [2.75, 3.05) is 19.5 Å². The standard InChI is InChI=1S/C16H19NO3S/c1-11-3-4-13(20-11)10-17-9-12-7-14-15(8-16(12)21-2)19-6-5-18-14/h3-4,7-8,17H,5-6,9-10H2,1-2H3. The third kappa shape index (κ3) is 3.36. The van der Waals surface area contributed by atoms with Crippen LogP contribution < -0.4 is 14.8 Å². The average Bonchev–Trinajstić information content (AvgIpc) is 2.92. The predicted molar refractivity (Wildman–Crippen MR) is 83.2 cm³/mol. The molecule has 4 nitrogen and oxygen atoms in total. The SMILES string of the molecule is CSc1cc2c(cc1CNCc1ccc(C)o1)OCCO2. The minimum Gasteiger partial charge on any atom is -0.486 e. The minimum atomic E-state index is 0.615. The summed E-state index contributed by atoms with van der Waals surface area (Å²) >= 11 is 1.72. The van der Waals surface area contributed by atoms with Gasteiger partial charge in [-0.25, -0.2) is 0 Å². The Morgan fingerprint density at radius 3 is 2.52 bits per heavy atom. The second-order valence-corrected chi connectivity index (χ2v) is 5.77. The molecule has 1 aliphatic rings. The molecule has 0 saturated carbocycles. The molecule has 21 heavy (non-hydrogen) atoms. The molecule has 0 saturated heterocycles.